The summed E-state index contributed by atoms with van der Waals surface area (Å²) >= 11 is 3.13. The Morgan fingerprint density at radius 1 is 1.50 bits per heavy atom. The molecule has 0 amide bonds. The van der Waals surface area contributed by atoms with Gasteiger partial charge >= 0.3 is 0 Å². The minimum Gasteiger partial charge on any atom is -0.298 e. The summed E-state index contributed by atoms with van der Waals surface area (Å²) in [5, 5.41) is 0.303. The molecule has 0 saturated carbocycles. The number of carbonyl (C=O) groups is 1. The van der Waals surface area contributed by atoms with Crippen LogP contribution < -0.4 is 0 Å². The van der Waals surface area contributed by atoms with Gasteiger partial charge in [0.1, 0.15) is 5.82 Å². The monoisotopic (exact) mass is 282 g/mol. The van der Waals surface area contributed by atoms with Crippen molar-refractivity contribution in [2.45, 2.75) is 6.42 Å². The number of allylic oxidation sites excluding steroid dienone is 1. The maximum Gasteiger partial charge on any atom is 0.151 e. The quantitative estimate of drug-likeness (QED) is 0.598. The molecule has 1 rings (SSSR count). The summed E-state index contributed by atoms with van der Waals surface area (Å²) in [6, 6.07) is 6.15. The van der Waals surface area contributed by atoms with Crippen LogP contribution in [0.4, 0.5) is 4.39 Å². The van der Waals surface area contributed by atoms with Crippen LogP contribution in [0.3, 0.4) is 0 Å². The normalized spacial score (nSPS) is 11.6. The largest absolute Gasteiger partial charge is 0.298 e. The van der Waals surface area contributed by atoms with Crippen molar-refractivity contribution >= 4 is 21.7 Å². The lowest BCUT2D eigenvalue weighted by Crippen LogP contribution is -2.15. The average molecular weight is 283 g/mol. The van der Waals surface area contributed by atoms with Gasteiger partial charge in [-0.1, -0.05) is 34.6 Å². The maximum atomic E-state index is 12.7. The van der Waals surface area contributed by atoms with Crippen LogP contribution in [-0.4, -0.2) is 11.1 Å². The number of alkyl halides is 1. The SMILES string of the molecule is C=C=CC(Cc1ccc(F)cc1)C(=O)CBr. The fourth-order valence-electron chi connectivity index (χ4n) is 1.38. The molecule has 1 aromatic carbocycles. The lowest BCUT2D eigenvalue weighted by atomic mass is 9.96. The van der Waals surface area contributed by atoms with Gasteiger partial charge in [0.05, 0.1) is 5.33 Å². The Bertz CT molecular complexity index is 404. The first-order valence-corrected chi connectivity index (χ1v) is 5.98. The second-order valence-electron chi connectivity index (χ2n) is 3.41. The molecule has 0 heterocycles. The zero-order chi connectivity index (χ0) is 12.0. The molecule has 1 aromatic rings. The van der Waals surface area contributed by atoms with Crippen molar-refractivity contribution in [3.05, 3.63) is 54.0 Å². The number of hydrogen-bond donors (Lipinski definition) is 0. The van der Waals surface area contributed by atoms with E-state index in [-0.39, 0.29) is 17.5 Å². The van der Waals surface area contributed by atoms with Crippen LogP contribution >= 0.6 is 15.9 Å². The summed E-state index contributed by atoms with van der Waals surface area (Å²) in [6.45, 7) is 3.46. The number of hydrogen-bond acceptors (Lipinski definition) is 1. The first-order chi connectivity index (χ1) is 7.67. The lowest BCUT2D eigenvalue weighted by Gasteiger charge is -2.09. The van der Waals surface area contributed by atoms with E-state index in [1.165, 1.54) is 12.1 Å². The third kappa shape index (κ3) is 3.76. The fraction of sp³-hybridized carbons (Fsp3) is 0.231. The smallest absolute Gasteiger partial charge is 0.151 e. The number of rotatable bonds is 5. The molecule has 0 N–H and O–H groups in total. The Morgan fingerprint density at radius 2 is 2.12 bits per heavy atom. The Kier molecular flexibility index (Phi) is 5.17. The molecule has 1 nitrogen and oxygen atoms in total. The summed E-state index contributed by atoms with van der Waals surface area (Å²) in [4.78, 5) is 11.6. The summed E-state index contributed by atoms with van der Waals surface area (Å²) in [7, 11) is 0. The zero-order valence-corrected chi connectivity index (χ0v) is 10.3. The van der Waals surface area contributed by atoms with Crippen molar-refractivity contribution in [2.75, 3.05) is 5.33 Å². The molecule has 0 bridgehead atoms. The highest BCUT2D eigenvalue weighted by molar-refractivity contribution is 9.09. The molecule has 1 unspecified atom stereocenters. The minimum atomic E-state index is -0.272. The Balaban J connectivity index is 2.79. The van der Waals surface area contributed by atoms with Gasteiger partial charge in [0.15, 0.2) is 5.78 Å². The molecule has 0 saturated heterocycles. The van der Waals surface area contributed by atoms with Gasteiger partial charge in [-0.25, -0.2) is 4.39 Å². The zero-order valence-electron chi connectivity index (χ0n) is 8.75. The van der Waals surface area contributed by atoms with Gasteiger partial charge < -0.3 is 0 Å². The minimum absolute atomic E-state index is 0.0699. The van der Waals surface area contributed by atoms with Gasteiger partial charge in [0, 0.05) is 5.92 Å². The molecule has 0 aliphatic heterocycles. The van der Waals surface area contributed by atoms with Crippen LogP contribution in [0.15, 0.2) is 42.7 Å². The van der Waals surface area contributed by atoms with E-state index in [4.69, 9.17) is 0 Å². The molecule has 3 heteroatoms. The second-order valence-corrected chi connectivity index (χ2v) is 3.97. The van der Waals surface area contributed by atoms with E-state index >= 15 is 0 Å². The first kappa shape index (κ1) is 12.9. The second kappa shape index (κ2) is 6.41. The molecule has 1 atom stereocenters. The predicted octanol–water partition coefficient (Wildman–Crippen LogP) is 3.29. The molecular formula is C13H12BrFO. The molecule has 0 aromatic heterocycles. The number of halogens is 2. The molecule has 0 spiro atoms. The van der Waals surface area contributed by atoms with Crippen LogP contribution in [0, 0.1) is 11.7 Å². The predicted molar refractivity (Wildman–Crippen MR) is 66.1 cm³/mol. The third-order valence-electron chi connectivity index (χ3n) is 2.23. The standard InChI is InChI=1S/C13H12BrFO/c1-2-3-11(13(16)9-14)8-10-4-6-12(15)7-5-10/h3-7,11H,1,8-9H2. The number of ketones is 1. The van der Waals surface area contributed by atoms with Crippen molar-refractivity contribution in [1.82, 2.24) is 0 Å². The van der Waals surface area contributed by atoms with Crippen LogP contribution in [0.1, 0.15) is 5.56 Å². The van der Waals surface area contributed by atoms with E-state index in [0.29, 0.717) is 11.8 Å². The van der Waals surface area contributed by atoms with Gasteiger partial charge in [-0.3, -0.25) is 4.79 Å². The Labute approximate surface area is 103 Å². The van der Waals surface area contributed by atoms with Gasteiger partial charge in [0.25, 0.3) is 0 Å². The average Bonchev–Trinajstić information content (AvgIpc) is 2.30. The summed E-state index contributed by atoms with van der Waals surface area (Å²) in [5.74, 6) is -0.450. The summed E-state index contributed by atoms with van der Waals surface area (Å²) in [6.07, 6.45) is 2.19. The van der Waals surface area contributed by atoms with Crippen molar-refractivity contribution in [1.29, 1.82) is 0 Å². The first-order valence-electron chi connectivity index (χ1n) is 4.86. The summed E-state index contributed by atoms with van der Waals surface area (Å²) < 4.78 is 12.7. The van der Waals surface area contributed by atoms with Crippen molar-refractivity contribution < 1.29 is 9.18 Å². The van der Waals surface area contributed by atoms with E-state index in [9.17, 15) is 9.18 Å². The molecular weight excluding hydrogens is 271 g/mol. The number of Topliss-reactive ketones (excluding diaryl/α,β-unsaturated/α-hetero) is 1. The molecule has 0 fully saturated rings. The molecule has 84 valence electrons. The molecule has 0 radical (unpaired) electrons. The van der Waals surface area contributed by atoms with Crippen LogP contribution in [0.5, 0.6) is 0 Å². The van der Waals surface area contributed by atoms with Gasteiger partial charge in [-0.15, -0.1) is 5.73 Å². The van der Waals surface area contributed by atoms with Gasteiger partial charge in [-0.05, 0) is 30.2 Å². The van der Waals surface area contributed by atoms with E-state index in [1.54, 1.807) is 18.2 Å². The lowest BCUT2D eigenvalue weighted by molar-refractivity contribution is -0.118. The van der Waals surface area contributed by atoms with Crippen molar-refractivity contribution in [3.8, 4) is 0 Å². The Hall–Kier alpha value is -1.18. The van der Waals surface area contributed by atoms with Crippen molar-refractivity contribution in [2.24, 2.45) is 5.92 Å². The van der Waals surface area contributed by atoms with Crippen LogP contribution in [0.25, 0.3) is 0 Å². The molecule has 0 aliphatic rings. The Morgan fingerprint density at radius 3 is 2.62 bits per heavy atom. The van der Waals surface area contributed by atoms with Crippen molar-refractivity contribution in [3.63, 3.8) is 0 Å². The number of benzene rings is 1. The van der Waals surface area contributed by atoms with E-state index in [2.05, 4.69) is 28.2 Å². The molecule has 0 aliphatic carbocycles. The highest BCUT2D eigenvalue weighted by Crippen LogP contribution is 2.13. The summed E-state index contributed by atoms with van der Waals surface area (Å²) in [5.41, 5.74) is 3.55. The fourth-order valence-corrected chi connectivity index (χ4v) is 1.80. The topological polar surface area (TPSA) is 17.1 Å². The third-order valence-corrected chi connectivity index (χ3v) is 2.79. The van der Waals surface area contributed by atoms with Gasteiger partial charge in [0.2, 0.25) is 0 Å². The highest BCUT2D eigenvalue weighted by Gasteiger charge is 2.14. The van der Waals surface area contributed by atoms with E-state index < -0.39 is 0 Å². The molecule has 16 heavy (non-hydrogen) atoms. The van der Waals surface area contributed by atoms with Crippen LogP contribution in [-0.2, 0) is 11.2 Å². The number of carbonyl (C=O) groups excluding carboxylic acids is 1. The van der Waals surface area contributed by atoms with Crippen LogP contribution in [0.2, 0.25) is 0 Å². The van der Waals surface area contributed by atoms with E-state index in [1.807, 2.05) is 0 Å². The van der Waals surface area contributed by atoms with Gasteiger partial charge in [-0.2, -0.15) is 0 Å². The van der Waals surface area contributed by atoms with E-state index in [0.717, 1.165) is 5.56 Å². The maximum absolute atomic E-state index is 12.7. The highest BCUT2D eigenvalue weighted by atomic mass is 79.9.